The van der Waals surface area contributed by atoms with Crippen molar-refractivity contribution in [2.75, 3.05) is 6.54 Å². The van der Waals surface area contributed by atoms with Crippen LogP contribution in [0.15, 0.2) is 113 Å². The zero-order valence-corrected chi connectivity index (χ0v) is 23.1. The van der Waals surface area contributed by atoms with Crippen LogP contribution in [0.3, 0.4) is 0 Å². The molecule has 3 aromatic carbocycles. The van der Waals surface area contributed by atoms with Gasteiger partial charge in [-0.2, -0.15) is 0 Å². The Morgan fingerprint density at radius 1 is 0.838 bits per heavy atom. The Morgan fingerprint density at radius 3 is 2.05 bits per heavy atom. The maximum Gasteiger partial charge on any atom is 0.241 e. The lowest BCUT2D eigenvalue weighted by atomic mass is 9.93. The third kappa shape index (κ3) is 7.42. The standard InChI is InChI=1S/C31H35ClN2O2S/c1-24-15-19-26(20-16-24)10-9-23-34(32)31(28-13-7-4-8-14-28)30(27-11-5-3-6-12-27)33-37(35,36)29-21-17-25(2)18-22-29/h3-8,11-15,17-18,20-22,30-31,33H,9-10,16,19,23H2,1-2H3. The molecular weight excluding hydrogens is 500 g/mol. The normalized spacial score (nSPS) is 15.7. The molecule has 1 aliphatic rings. The van der Waals surface area contributed by atoms with E-state index >= 15 is 0 Å². The first-order valence-electron chi connectivity index (χ1n) is 12.8. The van der Waals surface area contributed by atoms with E-state index in [2.05, 4.69) is 23.8 Å². The lowest BCUT2D eigenvalue weighted by molar-refractivity contribution is 0.284. The Morgan fingerprint density at radius 2 is 1.46 bits per heavy atom. The number of nitrogens with zero attached hydrogens (tertiary/aromatic N) is 1. The van der Waals surface area contributed by atoms with Crippen LogP contribution in [0.25, 0.3) is 0 Å². The molecule has 0 bridgehead atoms. The van der Waals surface area contributed by atoms with Gasteiger partial charge in [0, 0.05) is 6.54 Å². The van der Waals surface area contributed by atoms with Crippen LogP contribution in [0, 0.1) is 6.92 Å². The van der Waals surface area contributed by atoms with E-state index in [9.17, 15) is 8.42 Å². The number of allylic oxidation sites excluding steroid dienone is 4. The first kappa shape index (κ1) is 27.3. The molecule has 6 heteroatoms. The van der Waals surface area contributed by atoms with Gasteiger partial charge in [-0.1, -0.05) is 102 Å². The van der Waals surface area contributed by atoms with Crippen molar-refractivity contribution in [1.29, 1.82) is 0 Å². The molecule has 1 aliphatic carbocycles. The number of hydrogen-bond acceptors (Lipinski definition) is 3. The van der Waals surface area contributed by atoms with Crippen LogP contribution in [0.5, 0.6) is 0 Å². The van der Waals surface area contributed by atoms with Crippen molar-refractivity contribution in [3.8, 4) is 0 Å². The number of nitrogens with one attached hydrogen (secondary N) is 1. The monoisotopic (exact) mass is 534 g/mol. The summed E-state index contributed by atoms with van der Waals surface area (Å²) in [6.07, 6.45) is 8.50. The fourth-order valence-electron chi connectivity index (χ4n) is 4.67. The first-order chi connectivity index (χ1) is 17.8. The molecule has 37 heavy (non-hydrogen) atoms. The second-order valence-corrected chi connectivity index (χ2v) is 11.9. The minimum absolute atomic E-state index is 0.236. The topological polar surface area (TPSA) is 49.4 Å². The molecule has 0 aromatic heterocycles. The number of hydrogen-bond donors (Lipinski definition) is 1. The Bertz CT molecular complexity index is 1320. The average Bonchev–Trinajstić information content (AvgIpc) is 2.91. The van der Waals surface area contributed by atoms with Crippen LogP contribution in [0.1, 0.15) is 61.4 Å². The van der Waals surface area contributed by atoms with Gasteiger partial charge in [-0.25, -0.2) is 17.6 Å². The molecule has 0 amide bonds. The SMILES string of the molecule is CC1=CCC(CCCN(Cl)C(c2ccccc2)C(NS(=O)(=O)c2ccc(C)cc2)c2ccccc2)=CC1. The Labute approximate surface area is 226 Å². The lowest BCUT2D eigenvalue weighted by Crippen LogP contribution is -2.38. The molecule has 194 valence electrons. The van der Waals surface area contributed by atoms with Crippen molar-refractivity contribution in [2.24, 2.45) is 0 Å². The average molecular weight is 535 g/mol. The number of aryl methyl sites for hydroxylation is 1. The van der Waals surface area contributed by atoms with Gasteiger partial charge in [0.1, 0.15) is 0 Å². The molecule has 0 radical (unpaired) electrons. The summed E-state index contributed by atoms with van der Waals surface area (Å²) in [5, 5.41) is 0. The van der Waals surface area contributed by atoms with Crippen LogP contribution in [-0.4, -0.2) is 19.4 Å². The number of halogens is 1. The summed E-state index contributed by atoms with van der Waals surface area (Å²) in [4.78, 5) is 0.236. The van der Waals surface area contributed by atoms with E-state index in [1.807, 2.05) is 79.7 Å². The number of sulfonamides is 1. The van der Waals surface area contributed by atoms with Crippen molar-refractivity contribution in [2.45, 2.75) is 56.5 Å². The van der Waals surface area contributed by atoms with Crippen LogP contribution in [-0.2, 0) is 10.0 Å². The van der Waals surface area contributed by atoms with Gasteiger partial charge in [0.2, 0.25) is 10.0 Å². The summed E-state index contributed by atoms with van der Waals surface area (Å²) in [5.74, 6) is 0. The molecule has 4 rings (SSSR count). The molecule has 0 heterocycles. The zero-order chi connectivity index (χ0) is 26.3. The van der Waals surface area contributed by atoms with Gasteiger partial charge >= 0.3 is 0 Å². The van der Waals surface area contributed by atoms with Crippen molar-refractivity contribution >= 4 is 21.8 Å². The second-order valence-electron chi connectivity index (χ2n) is 9.73. The highest BCUT2D eigenvalue weighted by atomic mass is 35.5. The van der Waals surface area contributed by atoms with E-state index in [-0.39, 0.29) is 4.90 Å². The van der Waals surface area contributed by atoms with Crippen LogP contribution in [0.2, 0.25) is 0 Å². The Hall–Kier alpha value is -2.70. The lowest BCUT2D eigenvalue weighted by Gasteiger charge is -2.34. The molecule has 0 spiro atoms. The van der Waals surface area contributed by atoms with E-state index in [1.54, 1.807) is 16.6 Å². The predicted octanol–water partition coefficient (Wildman–Crippen LogP) is 7.66. The smallest absolute Gasteiger partial charge is 0.211 e. The van der Waals surface area contributed by atoms with Crippen molar-refractivity contribution < 1.29 is 8.42 Å². The van der Waals surface area contributed by atoms with E-state index in [0.29, 0.717) is 6.54 Å². The molecule has 0 fully saturated rings. The highest BCUT2D eigenvalue weighted by molar-refractivity contribution is 7.89. The molecular formula is C31H35ClN2O2S. The van der Waals surface area contributed by atoms with E-state index in [1.165, 1.54) is 11.1 Å². The fourth-order valence-corrected chi connectivity index (χ4v) is 6.25. The highest BCUT2D eigenvalue weighted by Gasteiger charge is 2.33. The Kier molecular flexibility index (Phi) is 9.38. The molecule has 0 aliphatic heterocycles. The van der Waals surface area contributed by atoms with Crippen molar-refractivity contribution in [3.05, 3.63) is 125 Å². The highest BCUT2D eigenvalue weighted by Crippen LogP contribution is 2.37. The van der Waals surface area contributed by atoms with Gasteiger partial charge in [-0.3, -0.25) is 0 Å². The first-order valence-corrected chi connectivity index (χ1v) is 14.6. The summed E-state index contributed by atoms with van der Waals surface area (Å²) in [5.41, 5.74) is 5.66. The maximum atomic E-state index is 13.5. The summed E-state index contributed by atoms with van der Waals surface area (Å²) in [6.45, 7) is 4.73. The van der Waals surface area contributed by atoms with E-state index in [0.717, 1.165) is 42.4 Å². The van der Waals surface area contributed by atoms with Gasteiger partial charge in [0.15, 0.2) is 0 Å². The molecule has 2 unspecified atom stereocenters. The van der Waals surface area contributed by atoms with Gasteiger partial charge in [0.25, 0.3) is 0 Å². The minimum atomic E-state index is -3.80. The van der Waals surface area contributed by atoms with Gasteiger partial charge in [-0.05, 0) is 74.6 Å². The molecule has 2 atom stereocenters. The summed E-state index contributed by atoms with van der Waals surface area (Å²) in [7, 11) is -3.80. The van der Waals surface area contributed by atoms with E-state index in [4.69, 9.17) is 11.8 Å². The van der Waals surface area contributed by atoms with Crippen molar-refractivity contribution in [3.63, 3.8) is 0 Å². The second kappa shape index (κ2) is 12.7. The third-order valence-corrected chi connectivity index (χ3v) is 8.66. The Balaban J connectivity index is 1.63. The number of benzene rings is 3. The molecule has 4 nitrogen and oxygen atoms in total. The van der Waals surface area contributed by atoms with E-state index < -0.39 is 22.1 Å². The van der Waals surface area contributed by atoms with Gasteiger partial charge < -0.3 is 0 Å². The predicted molar refractivity (Wildman–Crippen MR) is 153 cm³/mol. The summed E-state index contributed by atoms with van der Waals surface area (Å²) in [6, 6.07) is 25.5. The van der Waals surface area contributed by atoms with Crippen LogP contribution >= 0.6 is 11.8 Å². The van der Waals surface area contributed by atoms with Crippen LogP contribution < -0.4 is 4.72 Å². The minimum Gasteiger partial charge on any atom is -0.211 e. The maximum absolute atomic E-state index is 13.5. The molecule has 1 N–H and O–H groups in total. The molecule has 0 saturated carbocycles. The van der Waals surface area contributed by atoms with Crippen molar-refractivity contribution in [1.82, 2.24) is 9.14 Å². The summed E-state index contributed by atoms with van der Waals surface area (Å²) < 4.78 is 31.9. The largest absolute Gasteiger partial charge is 0.241 e. The summed E-state index contributed by atoms with van der Waals surface area (Å²) >= 11 is 7.03. The zero-order valence-electron chi connectivity index (χ0n) is 21.5. The van der Waals surface area contributed by atoms with Gasteiger partial charge in [0.05, 0.1) is 17.0 Å². The number of rotatable bonds is 11. The fraction of sp³-hybridized carbons (Fsp3) is 0.290. The third-order valence-electron chi connectivity index (χ3n) is 6.83. The molecule has 0 saturated heterocycles. The quantitative estimate of drug-likeness (QED) is 0.203. The van der Waals surface area contributed by atoms with Gasteiger partial charge in [-0.15, -0.1) is 0 Å². The molecule has 3 aromatic rings. The van der Waals surface area contributed by atoms with Crippen LogP contribution in [0.4, 0.5) is 0 Å².